The van der Waals surface area contributed by atoms with Crippen molar-refractivity contribution in [1.82, 2.24) is 15.3 Å². The van der Waals surface area contributed by atoms with Gasteiger partial charge in [-0.2, -0.15) is 13.4 Å². The van der Waals surface area contributed by atoms with Gasteiger partial charge in [0, 0.05) is 12.1 Å². The summed E-state index contributed by atoms with van der Waals surface area (Å²) in [5.41, 5.74) is 14.1. The number of halogens is 4. The lowest BCUT2D eigenvalue weighted by Crippen LogP contribution is -2.28. The van der Waals surface area contributed by atoms with Crippen LogP contribution < -0.4 is 26.8 Å². The van der Waals surface area contributed by atoms with Crippen LogP contribution in [0.15, 0.2) is 65.6 Å². The van der Waals surface area contributed by atoms with Crippen LogP contribution in [0, 0.1) is 0 Å². The third-order valence-corrected chi connectivity index (χ3v) is 7.32. The van der Waals surface area contributed by atoms with Gasteiger partial charge in [0.2, 0.25) is 5.95 Å². The number of urea groups is 1. The van der Waals surface area contributed by atoms with Gasteiger partial charge in [-0.3, -0.25) is 0 Å². The summed E-state index contributed by atoms with van der Waals surface area (Å²) in [6, 6.07) is 14.2. The minimum atomic E-state index is -4.97. The first-order chi connectivity index (χ1) is 18.9. The number of amides is 2. The van der Waals surface area contributed by atoms with E-state index in [0.717, 1.165) is 18.2 Å². The Labute approximate surface area is 243 Å². The number of nitrogens with zero attached hydrogens (tertiary/aromatic N) is 2. The SMILES string of the molecule is Nc1nc(N)c(-c2ccc(Cl)c(Cl)c2)c(COc2cccc(CNC(=O)Nc3cc(S(=O)(=O)F)ccc3Cl)c2)n1. The Morgan fingerprint density at radius 3 is 2.42 bits per heavy atom. The number of nitrogen functional groups attached to an aromatic ring is 2. The molecule has 208 valence electrons. The van der Waals surface area contributed by atoms with Crippen molar-refractivity contribution in [1.29, 1.82) is 0 Å². The molecule has 4 aromatic rings. The molecule has 0 aliphatic carbocycles. The van der Waals surface area contributed by atoms with Gasteiger partial charge in [0.25, 0.3) is 0 Å². The van der Waals surface area contributed by atoms with E-state index in [9.17, 15) is 17.1 Å². The van der Waals surface area contributed by atoms with Crippen molar-refractivity contribution in [3.63, 3.8) is 0 Å². The molecule has 0 unspecified atom stereocenters. The molecule has 0 atom stereocenters. The van der Waals surface area contributed by atoms with Gasteiger partial charge >= 0.3 is 16.3 Å². The normalized spacial score (nSPS) is 11.2. The molecular formula is C25H20Cl3FN6O4S. The summed E-state index contributed by atoms with van der Waals surface area (Å²) in [6.45, 7) is 0.0554. The Morgan fingerprint density at radius 2 is 1.70 bits per heavy atom. The Bertz CT molecular complexity index is 1710. The molecular weight excluding hydrogens is 606 g/mol. The Hall–Kier alpha value is -3.84. The summed E-state index contributed by atoms with van der Waals surface area (Å²) < 4.78 is 41.5. The molecule has 4 rings (SSSR count). The van der Waals surface area contributed by atoms with Crippen LogP contribution >= 0.6 is 34.8 Å². The number of hydrogen-bond acceptors (Lipinski definition) is 8. The van der Waals surface area contributed by atoms with Gasteiger partial charge in [-0.1, -0.05) is 53.0 Å². The third-order valence-electron chi connectivity index (χ3n) is 5.43. The lowest BCUT2D eigenvalue weighted by atomic mass is 10.0. The van der Waals surface area contributed by atoms with E-state index in [0.29, 0.717) is 38.2 Å². The van der Waals surface area contributed by atoms with Crippen LogP contribution in [0.25, 0.3) is 11.1 Å². The average Bonchev–Trinajstić information content (AvgIpc) is 2.88. The smallest absolute Gasteiger partial charge is 0.332 e. The van der Waals surface area contributed by atoms with E-state index >= 15 is 0 Å². The summed E-state index contributed by atoms with van der Waals surface area (Å²) in [5.74, 6) is 0.571. The zero-order valence-electron chi connectivity index (χ0n) is 20.3. The average molecular weight is 626 g/mol. The highest BCUT2D eigenvalue weighted by Crippen LogP contribution is 2.33. The molecule has 15 heteroatoms. The Balaban J connectivity index is 1.44. The quantitative estimate of drug-likeness (QED) is 0.178. The molecule has 6 N–H and O–H groups in total. The zero-order valence-corrected chi connectivity index (χ0v) is 23.4. The first kappa shape index (κ1) is 29.2. The van der Waals surface area contributed by atoms with Gasteiger partial charge in [0.1, 0.15) is 23.1 Å². The molecule has 10 nitrogen and oxygen atoms in total. The largest absolute Gasteiger partial charge is 0.487 e. The molecule has 3 aromatic carbocycles. The lowest BCUT2D eigenvalue weighted by Gasteiger charge is -2.14. The van der Waals surface area contributed by atoms with Crippen molar-refractivity contribution in [3.05, 3.63) is 87.0 Å². The van der Waals surface area contributed by atoms with Gasteiger partial charge < -0.3 is 26.8 Å². The fraction of sp³-hybridized carbons (Fsp3) is 0.0800. The second-order valence-corrected chi connectivity index (χ2v) is 10.8. The molecule has 0 bridgehead atoms. The number of nitrogens with one attached hydrogen (secondary N) is 2. The maximum atomic E-state index is 13.3. The number of aromatic nitrogens is 2. The van der Waals surface area contributed by atoms with Crippen molar-refractivity contribution in [2.45, 2.75) is 18.0 Å². The number of anilines is 3. The van der Waals surface area contributed by atoms with Crippen molar-refractivity contribution in [2.75, 3.05) is 16.8 Å². The van der Waals surface area contributed by atoms with Gasteiger partial charge in [-0.25, -0.2) is 9.78 Å². The monoisotopic (exact) mass is 624 g/mol. The molecule has 40 heavy (non-hydrogen) atoms. The lowest BCUT2D eigenvalue weighted by molar-refractivity contribution is 0.251. The molecule has 0 radical (unpaired) electrons. The highest BCUT2D eigenvalue weighted by molar-refractivity contribution is 7.86. The molecule has 0 saturated carbocycles. The van der Waals surface area contributed by atoms with E-state index in [-0.39, 0.29) is 35.6 Å². The highest BCUT2D eigenvalue weighted by Gasteiger charge is 2.17. The fourth-order valence-electron chi connectivity index (χ4n) is 3.61. The second kappa shape index (κ2) is 12.1. The van der Waals surface area contributed by atoms with Crippen molar-refractivity contribution < 1.29 is 21.8 Å². The van der Waals surface area contributed by atoms with Crippen LogP contribution in [0.1, 0.15) is 11.3 Å². The fourth-order valence-corrected chi connectivity index (χ4v) is 4.57. The predicted octanol–water partition coefficient (Wildman–Crippen LogP) is 5.83. The summed E-state index contributed by atoms with van der Waals surface area (Å²) >= 11 is 18.2. The van der Waals surface area contributed by atoms with Gasteiger partial charge in [0.05, 0.1) is 26.4 Å². The number of benzene rings is 3. The minimum absolute atomic E-state index is 0.0177. The molecule has 0 aliphatic heterocycles. The molecule has 1 aromatic heterocycles. The van der Waals surface area contributed by atoms with Crippen LogP contribution in [0.3, 0.4) is 0 Å². The Kier molecular flexibility index (Phi) is 8.84. The molecule has 0 saturated heterocycles. The standard InChI is InChI=1S/C25H20Cl3FN6O4S/c26-17-6-4-14(9-19(17)28)22-21(33-24(31)35-23(22)30)12-39-15-3-1-2-13(8-15)11-32-25(36)34-20-10-16(40(29,37)38)5-7-18(20)27/h1-10H,11-12H2,(H2,32,34,36)(H4,30,31,33,35). The summed E-state index contributed by atoms with van der Waals surface area (Å²) in [7, 11) is -4.97. The summed E-state index contributed by atoms with van der Waals surface area (Å²) in [4.78, 5) is 20.0. The molecule has 1 heterocycles. The topological polar surface area (TPSA) is 162 Å². The van der Waals surface area contributed by atoms with E-state index in [1.54, 1.807) is 42.5 Å². The number of carbonyl (C=O) groups is 1. The molecule has 0 fully saturated rings. The predicted molar refractivity (Wildman–Crippen MR) is 153 cm³/mol. The van der Waals surface area contributed by atoms with Gasteiger partial charge in [-0.05, 0) is 53.6 Å². The Morgan fingerprint density at radius 1 is 0.950 bits per heavy atom. The van der Waals surface area contributed by atoms with E-state index in [4.69, 9.17) is 51.0 Å². The molecule has 0 spiro atoms. The number of carbonyl (C=O) groups excluding carboxylic acids is 1. The maximum absolute atomic E-state index is 13.3. The maximum Gasteiger partial charge on any atom is 0.332 e. The van der Waals surface area contributed by atoms with Gasteiger partial charge in [0.15, 0.2) is 0 Å². The van der Waals surface area contributed by atoms with Crippen molar-refractivity contribution in [3.8, 4) is 16.9 Å². The molecule has 0 aliphatic rings. The van der Waals surface area contributed by atoms with E-state index in [1.165, 1.54) is 0 Å². The van der Waals surface area contributed by atoms with Crippen molar-refractivity contribution >= 4 is 68.5 Å². The number of ether oxygens (including phenoxy) is 1. The summed E-state index contributed by atoms with van der Waals surface area (Å²) in [6.07, 6.45) is 0. The van der Waals surface area contributed by atoms with Crippen LogP contribution in [0.2, 0.25) is 15.1 Å². The molecule has 2 amide bonds. The second-order valence-electron chi connectivity index (χ2n) is 8.24. The van der Waals surface area contributed by atoms with Crippen LogP contribution in [-0.4, -0.2) is 24.4 Å². The highest BCUT2D eigenvalue weighted by atomic mass is 35.5. The number of rotatable bonds is 8. The van der Waals surface area contributed by atoms with Crippen molar-refractivity contribution in [2.24, 2.45) is 0 Å². The van der Waals surface area contributed by atoms with E-state index < -0.39 is 21.1 Å². The van der Waals surface area contributed by atoms with E-state index in [1.807, 2.05) is 0 Å². The number of nitrogens with two attached hydrogens (primary N) is 2. The number of hydrogen-bond donors (Lipinski definition) is 4. The minimum Gasteiger partial charge on any atom is -0.487 e. The summed E-state index contributed by atoms with van der Waals surface area (Å²) in [5, 5.41) is 5.73. The van der Waals surface area contributed by atoms with Crippen LogP contribution in [0.4, 0.5) is 26.1 Å². The first-order valence-corrected chi connectivity index (χ1v) is 13.8. The van der Waals surface area contributed by atoms with Crippen LogP contribution in [0.5, 0.6) is 5.75 Å². The van der Waals surface area contributed by atoms with Crippen LogP contribution in [-0.2, 0) is 23.4 Å². The first-order valence-electron chi connectivity index (χ1n) is 11.3. The zero-order chi connectivity index (χ0) is 29.0. The van der Waals surface area contributed by atoms with Gasteiger partial charge in [-0.15, -0.1) is 3.89 Å². The van der Waals surface area contributed by atoms with E-state index in [2.05, 4.69) is 20.6 Å². The third kappa shape index (κ3) is 7.21.